The van der Waals surface area contributed by atoms with Crippen LogP contribution in [-0.4, -0.2) is 170 Å². The SMILES string of the molecule is Cc1ccc2c(c1)C(C1COCC1O)n1cncc1-2.Cc1ccc2c(c1)[C@@H]([C@@H]1COC[C@H]1O)n1cncc1-2.Cc1ccc2c(c1)[C@@H]([C@H]1COC[C@@H]1O)n1cncc1-2.Cc1ccc2c(c1)[C@H]([C@@H]1COC[C@H]1O)n1cncc1-2.Cc1ccc2c(c1)[C@H]([C@H]1COC[C@@H]1O)n1cncc1-2. The second-order valence-corrected chi connectivity index (χ2v) is 27.5. The van der Waals surface area contributed by atoms with Crippen LogP contribution in [0.4, 0.5) is 0 Å². The molecular weight excluding hydrogens is 1200 g/mol. The molecule has 15 heterocycles. The van der Waals surface area contributed by atoms with Crippen molar-refractivity contribution in [1.82, 2.24) is 47.8 Å². The van der Waals surface area contributed by atoms with Crippen LogP contribution in [0, 0.1) is 64.2 Å². The summed E-state index contributed by atoms with van der Waals surface area (Å²) in [6.07, 6.45) is 16.8. The van der Waals surface area contributed by atoms with Crippen molar-refractivity contribution in [2.45, 2.75) is 95.3 Å². The summed E-state index contributed by atoms with van der Waals surface area (Å²) < 4.78 is 38.0. The van der Waals surface area contributed by atoms with Crippen molar-refractivity contribution < 1.29 is 49.2 Å². The fraction of sp³-hybridized carbons (Fsp3) is 0.400. The summed E-state index contributed by atoms with van der Waals surface area (Å²) in [6.45, 7) is 15.7. The molecule has 0 bridgehead atoms. The maximum absolute atomic E-state index is 10.1. The first kappa shape index (κ1) is 61.6. The molecule has 5 saturated heterocycles. The summed E-state index contributed by atoms with van der Waals surface area (Å²) in [5.41, 5.74) is 24.5. The van der Waals surface area contributed by atoms with Gasteiger partial charge < -0.3 is 72.1 Å². The number of hydrogen-bond donors (Lipinski definition) is 5. The molecule has 5 N–H and O–H groups in total. The van der Waals surface area contributed by atoms with Crippen LogP contribution in [0.15, 0.2) is 154 Å². The Bertz CT molecular complexity index is 3820. The molecule has 20 rings (SSSR count). The summed E-state index contributed by atoms with van der Waals surface area (Å²) >= 11 is 0. The number of imidazole rings is 5. The highest BCUT2D eigenvalue weighted by molar-refractivity contribution is 5.74. The molecule has 10 aliphatic rings. The van der Waals surface area contributed by atoms with E-state index in [0.717, 1.165) is 28.5 Å². The lowest BCUT2D eigenvalue weighted by Gasteiger charge is -2.23. The van der Waals surface area contributed by atoms with Gasteiger partial charge in [-0.05, 0) is 62.4 Å². The standard InChI is InChI=1S/5C15H16N2O2/c5*1-9-2-3-10-11(4-9)15(12-6-19-7-14(12)18)17-8-16-5-13(10)17/h5*2-5,8,12,14-15,18H,6-7H2,1H3/t2*12-,14-,15+;2*12-,14-,15-;/m1010./s1. The lowest BCUT2D eigenvalue weighted by Crippen LogP contribution is -2.27. The highest BCUT2D eigenvalue weighted by Gasteiger charge is 2.46. The Hall–Kier alpha value is -8.25. The van der Waals surface area contributed by atoms with E-state index in [1.54, 1.807) is 0 Å². The predicted molar refractivity (Wildman–Crippen MR) is 354 cm³/mol. The van der Waals surface area contributed by atoms with Crippen LogP contribution >= 0.6 is 0 Å². The minimum Gasteiger partial charge on any atom is -0.390 e. The number of fused-ring (bicyclic) bond motifs is 15. The van der Waals surface area contributed by atoms with Crippen LogP contribution in [0.25, 0.3) is 56.3 Å². The Morgan fingerprint density at radius 3 is 0.611 bits per heavy atom. The normalized spacial score (nSPS) is 28.4. The van der Waals surface area contributed by atoms with Crippen LogP contribution in [0.2, 0.25) is 0 Å². The summed E-state index contributed by atoms with van der Waals surface area (Å²) in [7, 11) is 0. The average Bonchev–Trinajstić information content (AvgIpc) is 1.63. The molecule has 490 valence electrons. The molecule has 0 aliphatic carbocycles. The summed E-state index contributed by atoms with van der Waals surface area (Å²) in [5.74, 6) is 0.537. The number of aromatic nitrogens is 10. The van der Waals surface area contributed by atoms with Gasteiger partial charge >= 0.3 is 0 Å². The second-order valence-electron chi connectivity index (χ2n) is 27.5. The third-order valence-electron chi connectivity index (χ3n) is 21.3. The van der Waals surface area contributed by atoms with Gasteiger partial charge in [0.2, 0.25) is 0 Å². The van der Waals surface area contributed by atoms with Gasteiger partial charge in [-0.15, -0.1) is 0 Å². The van der Waals surface area contributed by atoms with Crippen molar-refractivity contribution in [3.8, 4) is 56.3 Å². The Morgan fingerprint density at radius 2 is 0.453 bits per heavy atom. The molecule has 20 heteroatoms. The Kier molecular flexibility index (Phi) is 16.3. The molecule has 5 fully saturated rings. The zero-order valence-electron chi connectivity index (χ0n) is 53.9. The minimum absolute atomic E-state index is 0.107. The second kappa shape index (κ2) is 25.1. The van der Waals surface area contributed by atoms with Gasteiger partial charge in [-0.25, -0.2) is 24.9 Å². The molecule has 0 spiro atoms. The Labute approximate surface area is 551 Å². The average molecular weight is 1280 g/mol. The van der Waals surface area contributed by atoms with E-state index in [9.17, 15) is 25.5 Å². The number of ether oxygens (including phenoxy) is 5. The Morgan fingerprint density at radius 1 is 0.274 bits per heavy atom. The maximum Gasteiger partial charge on any atom is 0.0956 e. The van der Waals surface area contributed by atoms with Crippen molar-refractivity contribution in [3.63, 3.8) is 0 Å². The molecular formula is C75H80N10O10. The molecule has 0 saturated carbocycles. The van der Waals surface area contributed by atoms with Crippen LogP contribution in [-0.2, 0) is 23.7 Å². The number of aryl methyl sites for hydroxylation is 5. The molecule has 95 heavy (non-hydrogen) atoms. The van der Waals surface area contributed by atoms with E-state index in [1.165, 1.54) is 83.5 Å². The van der Waals surface area contributed by atoms with Gasteiger partial charge in [0.25, 0.3) is 0 Å². The number of hydrogen-bond acceptors (Lipinski definition) is 15. The van der Waals surface area contributed by atoms with Crippen LogP contribution < -0.4 is 0 Å². The van der Waals surface area contributed by atoms with E-state index in [-0.39, 0.29) is 59.8 Å². The topological polar surface area (TPSA) is 236 Å². The fourth-order valence-corrected chi connectivity index (χ4v) is 16.7. The summed E-state index contributed by atoms with van der Waals surface area (Å²) in [6, 6.07) is 33.2. The largest absolute Gasteiger partial charge is 0.390 e. The van der Waals surface area contributed by atoms with E-state index >= 15 is 0 Å². The fourth-order valence-electron chi connectivity index (χ4n) is 16.7. The minimum atomic E-state index is -0.397. The zero-order chi connectivity index (χ0) is 64.9. The molecule has 5 aromatic heterocycles. The molecule has 3 unspecified atom stereocenters. The number of rotatable bonds is 5. The summed E-state index contributed by atoms with van der Waals surface area (Å²) in [4.78, 5) is 21.3. The smallest absolute Gasteiger partial charge is 0.0956 e. The van der Waals surface area contributed by atoms with Crippen molar-refractivity contribution in [3.05, 3.63) is 209 Å². The highest BCUT2D eigenvalue weighted by atomic mass is 16.5. The zero-order valence-corrected chi connectivity index (χ0v) is 53.9. The highest BCUT2D eigenvalue weighted by Crippen LogP contribution is 2.51. The molecule has 15 atom stereocenters. The van der Waals surface area contributed by atoms with Gasteiger partial charge in [0.05, 0.1) is 218 Å². The van der Waals surface area contributed by atoms with E-state index in [2.05, 4.69) is 173 Å². The van der Waals surface area contributed by atoms with Gasteiger partial charge in [-0.3, -0.25) is 0 Å². The quantitative estimate of drug-likeness (QED) is 0.108. The van der Waals surface area contributed by atoms with Crippen LogP contribution in [0.3, 0.4) is 0 Å². The Balaban J connectivity index is 0.0000000937. The van der Waals surface area contributed by atoms with Gasteiger partial charge in [0, 0.05) is 57.4 Å². The summed E-state index contributed by atoms with van der Waals surface area (Å²) in [5, 5.41) is 50.7. The van der Waals surface area contributed by atoms with Crippen LogP contribution in [0.5, 0.6) is 0 Å². The van der Waals surface area contributed by atoms with E-state index < -0.39 is 30.5 Å². The van der Waals surface area contributed by atoms with Gasteiger partial charge in [0.1, 0.15) is 0 Å². The molecule has 20 nitrogen and oxygen atoms in total. The molecule has 0 radical (unpaired) electrons. The first-order valence-electron chi connectivity index (χ1n) is 33.2. The predicted octanol–water partition coefficient (Wildman–Crippen LogP) is 8.84. The van der Waals surface area contributed by atoms with Crippen molar-refractivity contribution in [2.24, 2.45) is 29.6 Å². The lowest BCUT2D eigenvalue weighted by atomic mass is 9.89. The van der Waals surface area contributed by atoms with Crippen molar-refractivity contribution in [2.75, 3.05) is 66.1 Å². The molecule has 10 aromatic rings. The molecule has 10 aliphatic heterocycles. The lowest BCUT2D eigenvalue weighted by molar-refractivity contribution is 0.111. The molecule has 5 aromatic carbocycles. The van der Waals surface area contributed by atoms with Crippen LogP contribution in [0.1, 0.15) is 85.8 Å². The van der Waals surface area contributed by atoms with Gasteiger partial charge in [0.15, 0.2) is 0 Å². The van der Waals surface area contributed by atoms with E-state index in [4.69, 9.17) is 23.7 Å². The number of nitrogens with zero attached hydrogens (tertiary/aromatic N) is 10. The molecule has 0 amide bonds. The monoisotopic (exact) mass is 1280 g/mol. The third-order valence-corrected chi connectivity index (χ3v) is 21.3. The van der Waals surface area contributed by atoms with Crippen molar-refractivity contribution in [1.29, 1.82) is 0 Å². The third kappa shape index (κ3) is 10.7. The van der Waals surface area contributed by atoms with Gasteiger partial charge in [-0.1, -0.05) is 119 Å². The van der Waals surface area contributed by atoms with E-state index in [0.29, 0.717) is 66.1 Å². The maximum atomic E-state index is 10.1. The van der Waals surface area contributed by atoms with Gasteiger partial charge in [-0.2, -0.15) is 0 Å². The van der Waals surface area contributed by atoms with E-state index in [1.807, 2.05) is 62.6 Å². The number of aliphatic hydroxyl groups is 5. The number of aliphatic hydroxyl groups excluding tert-OH is 5. The first-order chi connectivity index (χ1) is 46.3. The number of benzene rings is 5. The first-order valence-corrected chi connectivity index (χ1v) is 33.2. The van der Waals surface area contributed by atoms with Crippen molar-refractivity contribution >= 4 is 0 Å².